The molecule has 0 radical (unpaired) electrons. The molecule has 0 aromatic carbocycles. The van der Waals surface area contributed by atoms with Gasteiger partial charge in [0.05, 0.1) is 6.10 Å². The van der Waals surface area contributed by atoms with E-state index in [2.05, 4.69) is 11.8 Å². The van der Waals surface area contributed by atoms with Gasteiger partial charge in [-0.3, -0.25) is 9.69 Å². The van der Waals surface area contributed by atoms with Crippen LogP contribution in [-0.4, -0.2) is 67.7 Å². The summed E-state index contributed by atoms with van der Waals surface area (Å²) in [6, 6.07) is 0. The zero-order chi connectivity index (χ0) is 15.2. The summed E-state index contributed by atoms with van der Waals surface area (Å²) in [5.41, 5.74) is 5.67. The topological polar surface area (TPSA) is 58.8 Å². The maximum Gasteiger partial charge on any atom is 0.222 e. The Balaban J connectivity index is 1.62. The maximum atomic E-state index is 12.3. The van der Waals surface area contributed by atoms with Gasteiger partial charge in [0.2, 0.25) is 5.91 Å². The van der Waals surface area contributed by atoms with Crippen LogP contribution in [0.5, 0.6) is 0 Å². The molecule has 0 spiro atoms. The fourth-order valence-corrected chi connectivity index (χ4v) is 3.28. The summed E-state index contributed by atoms with van der Waals surface area (Å²) in [4.78, 5) is 16.8. The van der Waals surface area contributed by atoms with Crippen molar-refractivity contribution in [3.05, 3.63) is 0 Å². The average molecular weight is 297 g/mol. The zero-order valence-electron chi connectivity index (χ0n) is 13.6. The molecular weight excluding hydrogens is 266 g/mol. The third kappa shape index (κ3) is 4.94. The van der Waals surface area contributed by atoms with Gasteiger partial charge in [0.25, 0.3) is 0 Å². The highest BCUT2D eigenvalue weighted by Gasteiger charge is 2.33. The third-order valence-electron chi connectivity index (χ3n) is 4.76. The van der Waals surface area contributed by atoms with Crippen LogP contribution in [0.3, 0.4) is 0 Å². The lowest BCUT2D eigenvalue weighted by Crippen LogP contribution is -2.50. The lowest BCUT2D eigenvalue weighted by molar-refractivity contribution is -0.136. The molecule has 2 rings (SSSR count). The number of carbonyl (C=O) groups is 1. The molecule has 1 atom stereocenters. The number of hydrogen-bond acceptors (Lipinski definition) is 4. The van der Waals surface area contributed by atoms with E-state index in [0.717, 1.165) is 58.7 Å². The van der Waals surface area contributed by atoms with Gasteiger partial charge in [-0.25, -0.2) is 0 Å². The SMILES string of the molecule is CCOC1CC(CC(=O)N2CCN(CC(C)CN)CC2)C1. The molecule has 1 saturated heterocycles. The second-order valence-electron chi connectivity index (χ2n) is 6.64. The van der Waals surface area contributed by atoms with E-state index in [9.17, 15) is 4.79 Å². The van der Waals surface area contributed by atoms with Crippen molar-refractivity contribution in [1.82, 2.24) is 9.80 Å². The summed E-state index contributed by atoms with van der Waals surface area (Å²) < 4.78 is 5.55. The van der Waals surface area contributed by atoms with Crippen molar-refractivity contribution < 1.29 is 9.53 Å². The van der Waals surface area contributed by atoms with E-state index in [1.807, 2.05) is 11.8 Å². The number of piperazine rings is 1. The predicted molar refractivity (Wildman–Crippen MR) is 84.0 cm³/mol. The summed E-state index contributed by atoms with van der Waals surface area (Å²) in [6.07, 6.45) is 3.24. The molecule has 5 nitrogen and oxygen atoms in total. The van der Waals surface area contributed by atoms with Crippen molar-refractivity contribution in [3.8, 4) is 0 Å². The highest BCUT2D eigenvalue weighted by molar-refractivity contribution is 5.76. The maximum absolute atomic E-state index is 12.3. The van der Waals surface area contributed by atoms with Crippen LogP contribution in [-0.2, 0) is 9.53 Å². The van der Waals surface area contributed by atoms with Crippen LogP contribution in [0.1, 0.15) is 33.1 Å². The largest absolute Gasteiger partial charge is 0.378 e. The van der Waals surface area contributed by atoms with E-state index in [-0.39, 0.29) is 0 Å². The lowest BCUT2D eigenvalue weighted by atomic mass is 9.79. The molecule has 1 amide bonds. The minimum absolute atomic E-state index is 0.335. The van der Waals surface area contributed by atoms with Crippen LogP contribution in [0.15, 0.2) is 0 Å². The number of hydrogen-bond donors (Lipinski definition) is 1. The lowest BCUT2D eigenvalue weighted by Gasteiger charge is -2.39. The number of carbonyl (C=O) groups excluding carboxylic acids is 1. The Morgan fingerprint density at radius 2 is 1.95 bits per heavy atom. The first-order chi connectivity index (χ1) is 10.1. The van der Waals surface area contributed by atoms with Crippen LogP contribution in [0.2, 0.25) is 0 Å². The molecule has 122 valence electrons. The molecule has 1 aliphatic carbocycles. The fourth-order valence-electron chi connectivity index (χ4n) is 3.28. The number of amides is 1. The van der Waals surface area contributed by atoms with Crippen LogP contribution >= 0.6 is 0 Å². The minimum atomic E-state index is 0.335. The fraction of sp³-hybridized carbons (Fsp3) is 0.938. The molecule has 5 heteroatoms. The van der Waals surface area contributed by atoms with Gasteiger partial charge >= 0.3 is 0 Å². The van der Waals surface area contributed by atoms with Gasteiger partial charge in [0.15, 0.2) is 0 Å². The highest BCUT2D eigenvalue weighted by Crippen LogP contribution is 2.33. The van der Waals surface area contributed by atoms with E-state index in [1.165, 1.54) is 0 Å². The van der Waals surface area contributed by atoms with Gasteiger partial charge in [-0.15, -0.1) is 0 Å². The predicted octanol–water partition coefficient (Wildman–Crippen LogP) is 0.931. The quantitative estimate of drug-likeness (QED) is 0.759. The van der Waals surface area contributed by atoms with Gasteiger partial charge in [-0.05, 0) is 38.1 Å². The smallest absolute Gasteiger partial charge is 0.222 e. The van der Waals surface area contributed by atoms with Crippen molar-refractivity contribution in [3.63, 3.8) is 0 Å². The van der Waals surface area contributed by atoms with Crippen molar-refractivity contribution in [2.75, 3.05) is 45.9 Å². The normalized spacial score (nSPS) is 28.2. The molecule has 1 aliphatic heterocycles. The van der Waals surface area contributed by atoms with E-state index in [0.29, 0.717) is 30.3 Å². The van der Waals surface area contributed by atoms with Crippen LogP contribution in [0.25, 0.3) is 0 Å². The van der Waals surface area contributed by atoms with Crippen molar-refractivity contribution in [1.29, 1.82) is 0 Å². The van der Waals surface area contributed by atoms with E-state index in [1.54, 1.807) is 0 Å². The Bertz CT molecular complexity index is 323. The Labute approximate surface area is 128 Å². The summed E-state index contributed by atoms with van der Waals surface area (Å²) in [6.45, 7) is 10.5. The van der Waals surface area contributed by atoms with Crippen LogP contribution < -0.4 is 5.73 Å². The molecule has 21 heavy (non-hydrogen) atoms. The Hall–Kier alpha value is -0.650. The molecule has 2 N–H and O–H groups in total. The molecule has 2 fully saturated rings. The highest BCUT2D eigenvalue weighted by atomic mass is 16.5. The molecule has 0 aromatic heterocycles. The summed E-state index contributed by atoms with van der Waals surface area (Å²) in [5, 5.41) is 0. The second kappa shape index (κ2) is 8.11. The Morgan fingerprint density at radius 3 is 2.52 bits per heavy atom. The monoisotopic (exact) mass is 297 g/mol. The first-order valence-electron chi connectivity index (χ1n) is 8.44. The standard InChI is InChI=1S/C16H31N3O2/c1-3-21-15-8-14(9-15)10-16(20)19-6-4-18(5-7-19)12-13(2)11-17/h13-15H,3-12,17H2,1-2H3. The number of nitrogens with zero attached hydrogens (tertiary/aromatic N) is 2. The third-order valence-corrected chi connectivity index (χ3v) is 4.76. The van der Waals surface area contributed by atoms with Gasteiger partial charge in [0.1, 0.15) is 0 Å². The summed E-state index contributed by atoms with van der Waals surface area (Å²) in [7, 11) is 0. The van der Waals surface area contributed by atoms with Crippen molar-refractivity contribution in [2.45, 2.75) is 39.2 Å². The van der Waals surface area contributed by atoms with E-state index in [4.69, 9.17) is 10.5 Å². The molecule has 1 heterocycles. The Kier molecular flexibility index (Phi) is 6.45. The molecule has 2 aliphatic rings. The first-order valence-corrected chi connectivity index (χ1v) is 8.44. The average Bonchev–Trinajstić information content (AvgIpc) is 2.45. The van der Waals surface area contributed by atoms with Crippen LogP contribution in [0.4, 0.5) is 0 Å². The van der Waals surface area contributed by atoms with Gasteiger partial charge in [-0.2, -0.15) is 0 Å². The summed E-state index contributed by atoms with van der Waals surface area (Å²) in [5.74, 6) is 1.42. The molecule has 0 aromatic rings. The molecule has 1 unspecified atom stereocenters. The van der Waals surface area contributed by atoms with Crippen molar-refractivity contribution >= 4 is 5.91 Å². The number of rotatable bonds is 7. The minimum Gasteiger partial charge on any atom is -0.378 e. The molecule has 1 saturated carbocycles. The Morgan fingerprint density at radius 1 is 1.29 bits per heavy atom. The van der Waals surface area contributed by atoms with Crippen molar-refractivity contribution in [2.24, 2.45) is 17.6 Å². The first kappa shape index (κ1) is 16.7. The number of nitrogens with two attached hydrogens (primary N) is 1. The zero-order valence-corrected chi connectivity index (χ0v) is 13.6. The molecule has 0 bridgehead atoms. The van der Waals surface area contributed by atoms with E-state index >= 15 is 0 Å². The van der Waals surface area contributed by atoms with Crippen LogP contribution in [0, 0.1) is 11.8 Å². The number of ether oxygens (including phenoxy) is 1. The van der Waals surface area contributed by atoms with Gasteiger partial charge < -0.3 is 15.4 Å². The second-order valence-corrected chi connectivity index (χ2v) is 6.64. The summed E-state index contributed by atoms with van der Waals surface area (Å²) >= 11 is 0. The van der Waals surface area contributed by atoms with Gasteiger partial charge in [-0.1, -0.05) is 6.92 Å². The van der Waals surface area contributed by atoms with Gasteiger partial charge in [0, 0.05) is 45.8 Å². The molecular formula is C16H31N3O2. The van der Waals surface area contributed by atoms with E-state index < -0.39 is 0 Å².